The largest absolute Gasteiger partial charge is 0.386 e. The van der Waals surface area contributed by atoms with Crippen molar-refractivity contribution >= 4 is 22.9 Å². The second-order valence-corrected chi connectivity index (χ2v) is 9.26. The Morgan fingerprint density at radius 1 is 1.27 bits per heavy atom. The molecule has 1 amide bonds. The molecule has 1 aliphatic rings. The van der Waals surface area contributed by atoms with Crippen LogP contribution in [0.4, 0.5) is 5.95 Å². The molecule has 0 unspecified atom stereocenters. The second-order valence-electron chi connectivity index (χ2n) is 9.26. The Hall–Kier alpha value is -1.88. The van der Waals surface area contributed by atoms with Crippen LogP contribution in [-0.2, 0) is 10.4 Å². The molecule has 5 nitrogen and oxygen atoms in total. The topological polar surface area (TPSA) is 67.2 Å². The molecule has 1 aromatic heterocycles. The number of nitrogens with one attached hydrogen (secondary N) is 1. The molecule has 5 heteroatoms. The van der Waals surface area contributed by atoms with Gasteiger partial charge in [0.05, 0.1) is 16.6 Å². The average Bonchev–Trinajstić information content (AvgIpc) is 2.79. The lowest BCUT2D eigenvalue weighted by atomic mass is 9.90. The third-order valence-corrected chi connectivity index (χ3v) is 5.19. The molecular weight excluding hydrogens is 326 g/mol. The molecule has 1 heterocycles. The van der Waals surface area contributed by atoms with Gasteiger partial charge in [0.1, 0.15) is 0 Å². The van der Waals surface area contributed by atoms with Crippen LogP contribution in [0.1, 0.15) is 78.3 Å². The number of benzene rings is 1. The summed E-state index contributed by atoms with van der Waals surface area (Å²) in [5.74, 6) is 0.648. The number of rotatable bonds is 5. The van der Waals surface area contributed by atoms with Crippen molar-refractivity contribution in [1.29, 1.82) is 0 Å². The van der Waals surface area contributed by atoms with Crippen molar-refractivity contribution in [1.82, 2.24) is 9.55 Å². The summed E-state index contributed by atoms with van der Waals surface area (Å²) >= 11 is 0. The van der Waals surface area contributed by atoms with E-state index in [-0.39, 0.29) is 11.3 Å². The molecule has 0 bridgehead atoms. The van der Waals surface area contributed by atoms with Crippen molar-refractivity contribution in [3.8, 4) is 0 Å². The van der Waals surface area contributed by atoms with Crippen LogP contribution in [0.3, 0.4) is 0 Å². The molecule has 2 N–H and O–H groups in total. The fourth-order valence-corrected chi connectivity index (χ4v) is 3.25. The molecule has 0 saturated heterocycles. The first-order valence-corrected chi connectivity index (χ1v) is 9.59. The third kappa shape index (κ3) is 4.09. The minimum absolute atomic E-state index is 0.0125. The van der Waals surface area contributed by atoms with Crippen LogP contribution in [0.5, 0.6) is 0 Å². The van der Waals surface area contributed by atoms with Crippen molar-refractivity contribution in [2.75, 3.05) is 5.32 Å². The highest BCUT2D eigenvalue weighted by Crippen LogP contribution is 2.38. The maximum atomic E-state index is 12.4. The molecule has 0 aliphatic heterocycles. The number of fused-ring (bicyclic) bond motifs is 1. The zero-order chi connectivity index (χ0) is 19.1. The number of carbonyl (C=O) groups is 1. The van der Waals surface area contributed by atoms with E-state index in [0.29, 0.717) is 18.4 Å². The first-order chi connectivity index (χ1) is 12.0. The van der Waals surface area contributed by atoms with E-state index in [0.717, 1.165) is 35.9 Å². The minimum atomic E-state index is -0.904. The molecule has 0 radical (unpaired) electrons. The van der Waals surface area contributed by atoms with Gasteiger partial charge >= 0.3 is 0 Å². The fourth-order valence-electron chi connectivity index (χ4n) is 3.25. The van der Waals surface area contributed by atoms with E-state index in [4.69, 9.17) is 0 Å². The number of imidazole rings is 1. The minimum Gasteiger partial charge on any atom is -0.386 e. The highest BCUT2D eigenvalue weighted by molar-refractivity contribution is 5.91. The van der Waals surface area contributed by atoms with E-state index < -0.39 is 5.60 Å². The van der Waals surface area contributed by atoms with Gasteiger partial charge in [-0.1, -0.05) is 26.8 Å². The molecule has 0 atom stereocenters. The summed E-state index contributed by atoms with van der Waals surface area (Å²) < 4.78 is 2.16. The molecule has 3 rings (SSSR count). The highest BCUT2D eigenvalue weighted by atomic mass is 16.3. The SMILES string of the molecule is CC(C)(C)CCC(=O)Nc1nc2ccc(C(C)(C)O)cc2n1C1CCC1. The van der Waals surface area contributed by atoms with Crippen LogP contribution in [0.15, 0.2) is 18.2 Å². The lowest BCUT2D eigenvalue weighted by molar-refractivity contribution is -0.116. The quantitative estimate of drug-likeness (QED) is 0.811. The maximum Gasteiger partial charge on any atom is 0.226 e. The number of hydrogen-bond acceptors (Lipinski definition) is 3. The predicted molar refractivity (Wildman–Crippen MR) is 105 cm³/mol. The molecule has 2 aromatic rings. The predicted octanol–water partition coefficient (Wildman–Crippen LogP) is 4.75. The Morgan fingerprint density at radius 2 is 1.96 bits per heavy atom. The fraction of sp³-hybridized carbons (Fsp3) is 0.619. The van der Waals surface area contributed by atoms with Crippen molar-refractivity contribution in [2.24, 2.45) is 5.41 Å². The summed E-state index contributed by atoms with van der Waals surface area (Å²) in [7, 11) is 0. The first-order valence-electron chi connectivity index (χ1n) is 9.59. The summed E-state index contributed by atoms with van der Waals surface area (Å²) in [5, 5.41) is 13.4. The lowest BCUT2D eigenvalue weighted by Gasteiger charge is -2.29. The van der Waals surface area contributed by atoms with Gasteiger partial charge < -0.3 is 9.67 Å². The van der Waals surface area contributed by atoms with Gasteiger partial charge in [0.15, 0.2) is 0 Å². The molecule has 1 saturated carbocycles. The maximum absolute atomic E-state index is 12.4. The monoisotopic (exact) mass is 357 g/mol. The van der Waals surface area contributed by atoms with Gasteiger partial charge in [0.2, 0.25) is 11.9 Å². The van der Waals surface area contributed by atoms with Crippen molar-refractivity contribution < 1.29 is 9.90 Å². The summed E-state index contributed by atoms with van der Waals surface area (Å²) in [4.78, 5) is 17.1. The van der Waals surface area contributed by atoms with E-state index in [9.17, 15) is 9.90 Å². The van der Waals surface area contributed by atoms with Crippen LogP contribution in [0, 0.1) is 5.41 Å². The number of carbonyl (C=O) groups excluding carboxylic acids is 1. The van der Waals surface area contributed by atoms with Gasteiger partial charge in [-0.15, -0.1) is 0 Å². The number of hydrogen-bond donors (Lipinski definition) is 2. The summed E-state index contributed by atoms with van der Waals surface area (Å²) in [6.07, 6.45) is 4.73. The number of amides is 1. The summed E-state index contributed by atoms with van der Waals surface area (Å²) in [6.45, 7) is 9.99. The number of aromatic nitrogens is 2. The molecule has 1 aromatic carbocycles. The summed E-state index contributed by atoms with van der Waals surface area (Å²) in [5.41, 5.74) is 1.93. The van der Waals surface area contributed by atoms with Crippen LogP contribution >= 0.6 is 0 Å². The molecule has 142 valence electrons. The van der Waals surface area contributed by atoms with Gasteiger partial charge in [-0.3, -0.25) is 10.1 Å². The van der Waals surface area contributed by atoms with Crippen LogP contribution < -0.4 is 5.32 Å². The normalized spacial score (nSPS) is 15.9. The van der Waals surface area contributed by atoms with Crippen LogP contribution in [0.25, 0.3) is 11.0 Å². The Morgan fingerprint density at radius 3 is 2.50 bits per heavy atom. The number of aliphatic hydroxyl groups is 1. The Bertz CT molecular complexity index is 805. The van der Waals surface area contributed by atoms with E-state index in [1.807, 2.05) is 18.2 Å². The van der Waals surface area contributed by atoms with Gasteiger partial charge in [0.25, 0.3) is 0 Å². The first kappa shape index (κ1) is 18.9. The molecule has 1 fully saturated rings. The van der Waals surface area contributed by atoms with Crippen molar-refractivity contribution in [3.05, 3.63) is 23.8 Å². The Balaban J connectivity index is 1.93. The van der Waals surface area contributed by atoms with Crippen molar-refractivity contribution in [3.63, 3.8) is 0 Å². The summed E-state index contributed by atoms with van der Waals surface area (Å²) in [6, 6.07) is 6.22. The van der Waals surface area contributed by atoms with Crippen molar-refractivity contribution in [2.45, 2.75) is 78.4 Å². The molecule has 26 heavy (non-hydrogen) atoms. The number of nitrogens with zero attached hydrogens (tertiary/aromatic N) is 2. The van der Waals surface area contributed by atoms with E-state index >= 15 is 0 Å². The van der Waals surface area contributed by atoms with Gasteiger partial charge in [0, 0.05) is 12.5 Å². The van der Waals surface area contributed by atoms with Crippen LogP contribution in [-0.4, -0.2) is 20.6 Å². The molecular formula is C21H31N3O2. The zero-order valence-electron chi connectivity index (χ0n) is 16.6. The molecule has 0 spiro atoms. The van der Waals surface area contributed by atoms with Crippen LogP contribution in [0.2, 0.25) is 0 Å². The van der Waals surface area contributed by atoms with E-state index in [1.165, 1.54) is 6.42 Å². The van der Waals surface area contributed by atoms with E-state index in [2.05, 4.69) is 35.6 Å². The smallest absolute Gasteiger partial charge is 0.226 e. The standard InChI is InChI=1S/C21H31N3O2/c1-20(2,3)12-11-18(25)23-19-22-16-10-9-14(21(4,5)26)13-17(16)24(19)15-7-6-8-15/h9-10,13,15,26H,6-8,11-12H2,1-5H3,(H,22,23,25). The average molecular weight is 357 g/mol. The lowest BCUT2D eigenvalue weighted by Crippen LogP contribution is -2.23. The Labute approximate surface area is 155 Å². The third-order valence-electron chi connectivity index (χ3n) is 5.19. The zero-order valence-corrected chi connectivity index (χ0v) is 16.6. The van der Waals surface area contributed by atoms with Gasteiger partial charge in [-0.2, -0.15) is 0 Å². The molecule has 1 aliphatic carbocycles. The Kier molecular flexibility index (Phi) is 4.86. The van der Waals surface area contributed by atoms with Gasteiger partial charge in [-0.05, 0) is 62.6 Å². The second kappa shape index (κ2) is 6.69. The van der Waals surface area contributed by atoms with Gasteiger partial charge in [-0.25, -0.2) is 4.98 Å². The van der Waals surface area contributed by atoms with E-state index in [1.54, 1.807) is 13.8 Å². The number of anilines is 1. The highest BCUT2D eigenvalue weighted by Gasteiger charge is 2.27.